The molecular formula is C37H45F4N5O3. The number of nitrogens with one attached hydrogen (secondary N) is 1. The summed E-state index contributed by atoms with van der Waals surface area (Å²) in [5.41, 5.74) is 2.72. The van der Waals surface area contributed by atoms with Gasteiger partial charge >= 0.3 is 6.36 Å². The van der Waals surface area contributed by atoms with Crippen molar-refractivity contribution in [1.82, 2.24) is 19.4 Å². The molecule has 1 N–H and O–H groups in total. The number of imidazole rings is 1. The van der Waals surface area contributed by atoms with Crippen LogP contribution in [0, 0.1) is 5.82 Å². The molecule has 3 aromatic carbocycles. The fraction of sp³-hybridized carbons (Fsp3) is 0.459. The molecule has 4 aromatic rings. The molecule has 1 fully saturated rings. The van der Waals surface area contributed by atoms with Crippen molar-refractivity contribution < 1.29 is 31.8 Å². The number of ether oxygens (including phenoxy) is 2. The van der Waals surface area contributed by atoms with Crippen molar-refractivity contribution in [1.29, 1.82) is 0 Å². The fourth-order valence-corrected chi connectivity index (χ4v) is 6.49. The van der Waals surface area contributed by atoms with Gasteiger partial charge in [0.25, 0.3) is 5.91 Å². The standard InChI is InChI=1S/C37H45F4N5O3/c1-4-5-8-20-46-33-10-7-6-9-32(33)43-36(46)42-29-18-22-45(23-19-29)21-17-27(26-11-13-28(38)14-12-26)25-44(2)35(47)31-24-30(48-3)15-16-34(31)49-37(39,40)41/h6-7,9-16,24,27,29H,4-5,8,17-23,25H2,1-3H3,(H,42,43). The summed E-state index contributed by atoms with van der Waals surface area (Å²) in [7, 11) is 2.91. The van der Waals surface area contributed by atoms with Crippen LogP contribution in [0.5, 0.6) is 11.5 Å². The molecule has 0 aliphatic carbocycles. The fourth-order valence-electron chi connectivity index (χ4n) is 6.49. The monoisotopic (exact) mass is 683 g/mol. The summed E-state index contributed by atoms with van der Waals surface area (Å²) >= 11 is 0. The van der Waals surface area contributed by atoms with E-state index >= 15 is 0 Å². The Balaban J connectivity index is 1.23. The zero-order chi connectivity index (χ0) is 35.0. The maximum absolute atomic E-state index is 13.8. The molecule has 0 radical (unpaired) electrons. The number of halogens is 4. The molecule has 264 valence electrons. The zero-order valence-corrected chi connectivity index (χ0v) is 28.3. The number of unbranched alkanes of at least 4 members (excludes halogenated alkanes) is 2. The van der Waals surface area contributed by atoms with Crippen LogP contribution in [0.25, 0.3) is 11.0 Å². The van der Waals surface area contributed by atoms with Crippen LogP contribution in [-0.4, -0.2) is 78.0 Å². The van der Waals surface area contributed by atoms with Crippen molar-refractivity contribution >= 4 is 22.9 Å². The van der Waals surface area contributed by atoms with Crippen LogP contribution in [0.15, 0.2) is 66.7 Å². The molecule has 1 atom stereocenters. The number of likely N-dealkylation sites (N-methyl/N-ethyl adjacent to an activating group) is 1. The maximum Gasteiger partial charge on any atom is 0.573 e. The van der Waals surface area contributed by atoms with Gasteiger partial charge in [-0.25, -0.2) is 9.37 Å². The van der Waals surface area contributed by atoms with E-state index < -0.39 is 18.0 Å². The number of carbonyl (C=O) groups is 1. The molecule has 1 saturated heterocycles. The van der Waals surface area contributed by atoms with Gasteiger partial charge in [-0.05, 0) is 80.3 Å². The van der Waals surface area contributed by atoms with Crippen molar-refractivity contribution in [2.24, 2.45) is 0 Å². The third-order valence-corrected chi connectivity index (χ3v) is 9.18. The third kappa shape index (κ3) is 9.65. The van der Waals surface area contributed by atoms with Crippen molar-refractivity contribution in [3.05, 3.63) is 83.7 Å². The molecule has 12 heteroatoms. The van der Waals surface area contributed by atoms with Gasteiger partial charge in [-0.1, -0.05) is 44.0 Å². The average Bonchev–Trinajstić information content (AvgIpc) is 3.43. The predicted octanol–water partition coefficient (Wildman–Crippen LogP) is 8.10. The molecule has 1 amide bonds. The highest BCUT2D eigenvalue weighted by Crippen LogP contribution is 2.32. The van der Waals surface area contributed by atoms with Crippen LogP contribution in [0.3, 0.4) is 0 Å². The normalized spacial score (nSPS) is 14.9. The Labute approximate surface area is 285 Å². The van der Waals surface area contributed by atoms with Gasteiger partial charge in [0.1, 0.15) is 17.3 Å². The number of likely N-dealkylation sites (tertiary alicyclic amines) is 1. The van der Waals surface area contributed by atoms with E-state index in [4.69, 9.17) is 9.72 Å². The second-order valence-corrected chi connectivity index (χ2v) is 12.7. The number of aromatic nitrogens is 2. The minimum absolute atomic E-state index is 0.189. The number of benzene rings is 3. The smallest absolute Gasteiger partial charge is 0.497 e. The number of piperidine rings is 1. The van der Waals surface area contributed by atoms with Crippen LogP contribution in [0.1, 0.15) is 67.3 Å². The molecular weight excluding hydrogens is 638 g/mol. The minimum Gasteiger partial charge on any atom is -0.497 e. The number of hydrogen-bond acceptors (Lipinski definition) is 6. The van der Waals surface area contributed by atoms with Crippen molar-refractivity contribution in [3.8, 4) is 11.5 Å². The van der Waals surface area contributed by atoms with E-state index in [9.17, 15) is 22.4 Å². The third-order valence-electron chi connectivity index (χ3n) is 9.18. The van der Waals surface area contributed by atoms with E-state index in [-0.39, 0.29) is 35.6 Å². The van der Waals surface area contributed by atoms with E-state index in [1.807, 2.05) is 18.2 Å². The lowest BCUT2D eigenvalue weighted by molar-refractivity contribution is -0.274. The van der Waals surface area contributed by atoms with Crippen LogP contribution >= 0.6 is 0 Å². The van der Waals surface area contributed by atoms with Crippen molar-refractivity contribution in [2.45, 2.75) is 70.3 Å². The van der Waals surface area contributed by atoms with Crippen LogP contribution in [-0.2, 0) is 6.54 Å². The number of fused-ring (bicyclic) bond motifs is 1. The van der Waals surface area contributed by atoms with Gasteiger partial charge in [-0.2, -0.15) is 0 Å². The predicted molar refractivity (Wildman–Crippen MR) is 183 cm³/mol. The van der Waals surface area contributed by atoms with Crippen molar-refractivity contribution in [2.75, 3.05) is 45.7 Å². The first-order chi connectivity index (χ1) is 23.5. The Hall–Kier alpha value is -4.32. The highest BCUT2D eigenvalue weighted by Gasteiger charge is 2.34. The molecule has 1 aliphatic heterocycles. The van der Waals surface area contributed by atoms with Crippen molar-refractivity contribution in [3.63, 3.8) is 0 Å². The van der Waals surface area contributed by atoms with Gasteiger partial charge < -0.3 is 29.2 Å². The van der Waals surface area contributed by atoms with Crippen LogP contribution in [0.4, 0.5) is 23.5 Å². The highest BCUT2D eigenvalue weighted by molar-refractivity contribution is 5.97. The first-order valence-corrected chi connectivity index (χ1v) is 16.9. The first kappa shape index (κ1) is 36.0. The Morgan fingerprint density at radius 3 is 2.47 bits per heavy atom. The molecule has 5 rings (SSSR count). The number of amides is 1. The second-order valence-electron chi connectivity index (χ2n) is 12.7. The second kappa shape index (κ2) is 16.4. The van der Waals surface area contributed by atoms with Gasteiger partial charge in [0, 0.05) is 45.2 Å². The average molecular weight is 684 g/mol. The maximum atomic E-state index is 13.8. The van der Waals surface area contributed by atoms with Gasteiger partial charge in [0.15, 0.2) is 0 Å². The molecule has 1 unspecified atom stereocenters. The van der Waals surface area contributed by atoms with Crippen LogP contribution < -0.4 is 14.8 Å². The van der Waals surface area contributed by atoms with Gasteiger partial charge in [-0.3, -0.25) is 4.79 Å². The largest absolute Gasteiger partial charge is 0.573 e. The molecule has 8 nitrogen and oxygen atoms in total. The van der Waals surface area contributed by atoms with E-state index in [2.05, 4.69) is 32.5 Å². The van der Waals surface area contributed by atoms with Crippen LogP contribution in [0.2, 0.25) is 0 Å². The summed E-state index contributed by atoms with van der Waals surface area (Å²) in [5, 5.41) is 3.72. The molecule has 0 spiro atoms. The molecule has 0 bridgehead atoms. The number of carbonyl (C=O) groups excluding carboxylic acids is 1. The quantitative estimate of drug-likeness (QED) is 0.101. The summed E-state index contributed by atoms with van der Waals surface area (Å²) in [6, 6.07) is 18.3. The molecule has 2 heterocycles. The topological polar surface area (TPSA) is 71.9 Å². The number of methoxy groups -OCH3 is 1. The number of nitrogens with zero attached hydrogens (tertiary/aromatic N) is 4. The first-order valence-electron chi connectivity index (χ1n) is 16.9. The lowest BCUT2D eigenvalue weighted by atomic mass is 9.94. The number of aryl methyl sites for hydroxylation is 1. The summed E-state index contributed by atoms with van der Waals surface area (Å²) in [4.78, 5) is 22.2. The van der Waals surface area contributed by atoms with Gasteiger partial charge in [0.05, 0.1) is 23.7 Å². The number of rotatable bonds is 15. The summed E-state index contributed by atoms with van der Waals surface area (Å²) in [5.74, 6) is -0.654. The molecule has 49 heavy (non-hydrogen) atoms. The number of hydrogen-bond donors (Lipinski definition) is 1. The molecule has 1 aromatic heterocycles. The van der Waals surface area contributed by atoms with E-state index in [1.54, 1.807) is 19.2 Å². The number of para-hydroxylation sites is 2. The lowest BCUT2D eigenvalue weighted by Crippen LogP contribution is -2.40. The van der Waals surface area contributed by atoms with E-state index in [0.717, 1.165) is 80.5 Å². The van der Waals surface area contributed by atoms with E-state index in [1.165, 1.54) is 42.7 Å². The summed E-state index contributed by atoms with van der Waals surface area (Å²) in [6.07, 6.45) is 1.00. The summed E-state index contributed by atoms with van der Waals surface area (Å²) < 4.78 is 64.9. The summed E-state index contributed by atoms with van der Waals surface area (Å²) in [6.45, 7) is 5.83. The Morgan fingerprint density at radius 1 is 1.04 bits per heavy atom. The van der Waals surface area contributed by atoms with E-state index in [0.29, 0.717) is 6.42 Å². The SMILES string of the molecule is CCCCCn1c(NC2CCN(CCC(CN(C)C(=O)c3cc(OC)ccc3OC(F)(F)F)c3ccc(F)cc3)CC2)nc2ccccc21. The minimum atomic E-state index is -4.97. The Morgan fingerprint density at radius 2 is 1.78 bits per heavy atom. The number of alkyl halides is 3. The lowest BCUT2D eigenvalue weighted by Gasteiger charge is -2.34. The van der Waals surface area contributed by atoms with Gasteiger partial charge in [-0.15, -0.1) is 13.2 Å². The molecule has 1 aliphatic rings. The Kier molecular flexibility index (Phi) is 12.0. The molecule has 0 saturated carbocycles. The van der Waals surface area contributed by atoms with Gasteiger partial charge in [0.2, 0.25) is 5.95 Å². The zero-order valence-electron chi connectivity index (χ0n) is 28.3. The highest BCUT2D eigenvalue weighted by atomic mass is 19.4. The number of anilines is 1. The Bertz CT molecular complexity index is 1670.